The predicted molar refractivity (Wildman–Crippen MR) is 64.9 cm³/mol. The Labute approximate surface area is 101 Å². The maximum atomic E-state index is 11.4. The van der Waals surface area contributed by atoms with E-state index in [-0.39, 0.29) is 16.7 Å². The molecule has 4 heteroatoms. The van der Waals surface area contributed by atoms with Crippen molar-refractivity contribution in [1.82, 2.24) is 0 Å². The molecule has 0 aliphatic heterocycles. The zero-order valence-electron chi connectivity index (χ0n) is 10.5. The highest BCUT2D eigenvalue weighted by Gasteiger charge is 2.21. The number of nitriles is 1. The fourth-order valence-corrected chi connectivity index (χ4v) is 1.55. The smallest absolute Gasteiger partial charge is 0.252 e. The van der Waals surface area contributed by atoms with Gasteiger partial charge in [-0.05, 0) is 23.1 Å². The van der Waals surface area contributed by atoms with E-state index in [0.29, 0.717) is 5.56 Å². The highest BCUT2D eigenvalue weighted by atomic mass is 16.5. The monoisotopic (exact) mass is 232 g/mol. The molecule has 1 aromatic carbocycles. The van der Waals surface area contributed by atoms with Gasteiger partial charge in [0.2, 0.25) is 0 Å². The third-order valence-electron chi connectivity index (χ3n) is 2.54. The van der Waals surface area contributed by atoms with Crippen LogP contribution in [-0.2, 0) is 5.41 Å². The second-order valence-electron chi connectivity index (χ2n) is 4.83. The largest absolute Gasteiger partial charge is 0.495 e. The van der Waals surface area contributed by atoms with Crippen molar-refractivity contribution in [3.8, 4) is 11.8 Å². The highest BCUT2D eigenvalue weighted by Crippen LogP contribution is 2.31. The Morgan fingerprint density at radius 2 is 2.00 bits per heavy atom. The van der Waals surface area contributed by atoms with Crippen LogP contribution in [0, 0.1) is 11.3 Å². The Bertz CT molecular complexity index is 493. The van der Waals surface area contributed by atoms with Crippen molar-refractivity contribution < 1.29 is 9.53 Å². The molecule has 0 atom stereocenters. The van der Waals surface area contributed by atoms with Gasteiger partial charge in [0, 0.05) is 0 Å². The maximum Gasteiger partial charge on any atom is 0.252 e. The van der Waals surface area contributed by atoms with Gasteiger partial charge in [-0.3, -0.25) is 4.79 Å². The Hall–Kier alpha value is -2.02. The average molecular weight is 232 g/mol. The zero-order valence-corrected chi connectivity index (χ0v) is 10.5. The number of ether oxygens (including phenoxy) is 1. The number of nitrogens with zero attached hydrogens (tertiary/aromatic N) is 1. The van der Waals surface area contributed by atoms with Crippen LogP contribution in [0.5, 0.6) is 5.75 Å². The second-order valence-corrected chi connectivity index (χ2v) is 4.83. The molecule has 0 aliphatic rings. The number of hydrogen-bond acceptors (Lipinski definition) is 3. The quantitative estimate of drug-likeness (QED) is 0.846. The van der Waals surface area contributed by atoms with Crippen LogP contribution in [-0.4, -0.2) is 13.0 Å². The van der Waals surface area contributed by atoms with E-state index in [1.165, 1.54) is 7.11 Å². The fourth-order valence-electron chi connectivity index (χ4n) is 1.55. The first-order valence-electron chi connectivity index (χ1n) is 5.23. The molecule has 0 radical (unpaired) electrons. The number of amides is 1. The standard InChI is InChI=1S/C13H16N2O2/c1-13(2,3)9-5-8(7-14)11(17-4)10(6-9)12(15)16/h5-6H,1-4H3,(H2,15,16). The number of carbonyl (C=O) groups excluding carboxylic acids is 1. The lowest BCUT2D eigenvalue weighted by atomic mass is 9.84. The summed E-state index contributed by atoms with van der Waals surface area (Å²) in [4.78, 5) is 11.4. The van der Waals surface area contributed by atoms with Gasteiger partial charge < -0.3 is 10.5 Å². The molecule has 17 heavy (non-hydrogen) atoms. The summed E-state index contributed by atoms with van der Waals surface area (Å²) in [5.74, 6) is -0.350. The minimum absolute atomic E-state index is 0.165. The highest BCUT2D eigenvalue weighted by molar-refractivity contribution is 5.96. The molecule has 0 bridgehead atoms. The van der Waals surface area contributed by atoms with Gasteiger partial charge in [0.1, 0.15) is 11.8 Å². The van der Waals surface area contributed by atoms with Crippen LogP contribution in [0.3, 0.4) is 0 Å². The normalized spacial score (nSPS) is 10.8. The minimum Gasteiger partial charge on any atom is -0.495 e. The van der Waals surface area contributed by atoms with Gasteiger partial charge in [-0.1, -0.05) is 20.8 Å². The number of hydrogen-bond donors (Lipinski definition) is 1. The van der Waals surface area contributed by atoms with Crippen LogP contribution in [0.1, 0.15) is 42.3 Å². The van der Waals surface area contributed by atoms with E-state index >= 15 is 0 Å². The van der Waals surface area contributed by atoms with Crippen molar-refractivity contribution in [3.63, 3.8) is 0 Å². The Morgan fingerprint density at radius 3 is 2.35 bits per heavy atom. The molecular formula is C13H16N2O2. The predicted octanol–water partition coefficient (Wildman–Crippen LogP) is 1.96. The summed E-state index contributed by atoms with van der Waals surface area (Å²) < 4.78 is 5.07. The molecule has 1 aromatic rings. The molecule has 1 rings (SSSR count). The Balaban J connectivity index is 3.59. The number of primary amides is 1. The fraction of sp³-hybridized carbons (Fsp3) is 0.385. The van der Waals surface area contributed by atoms with Crippen molar-refractivity contribution in [2.75, 3.05) is 7.11 Å². The summed E-state index contributed by atoms with van der Waals surface area (Å²) in [5.41, 5.74) is 6.59. The molecule has 1 amide bonds. The topological polar surface area (TPSA) is 76.1 Å². The van der Waals surface area contributed by atoms with E-state index in [9.17, 15) is 4.79 Å². The van der Waals surface area contributed by atoms with Gasteiger partial charge in [0.05, 0.1) is 18.2 Å². The third-order valence-corrected chi connectivity index (χ3v) is 2.54. The van der Waals surface area contributed by atoms with Crippen molar-refractivity contribution in [2.45, 2.75) is 26.2 Å². The number of carbonyl (C=O) groups is 1. The lowest BCUT2D eigenvalue weighted by Gasteiger charge is -2.21. The minimum atomic E-state index is -0.593. The van der Waals surface area contributed by atoms with Gasteiger partial charge in [-0.15, -0.1) is 0 Å². The van der Waals surface area contributed by atoms with Crippen LogP contribution in [0.4, 0.5) is 0 Å². The molecular weight excluding hydrogens is 216 g/mol. The van der Waals surface area contributed by atoms with Crippen LogP contribution in [0.15, 0.2) is 12.1 Å². The summed E-state index contributed by atoms with van der Waals surface area (Å²) >= 11 is 0. The van der Waals surface area contributed by atoms with Gasteiger partial charge >= 0.3 is 0 Å². The molecule has 0 saturated carbocycles. The molecule has 2 N–H and O–H groups in total. The number of methoxy groups -OCH3 is 1. The third kappa shape index (κ3) is 2.56. The molecule has 0 spiro atoms. The summed E-state index contributed by atoms with van der Waals surface area (Å²) in [7, 11) is 1.42. The van der Waals surface area contributed by atoms with Crippen LogP contribution in [0.25, 0.3) is 0 Å². The molecule has 0 aliphatic carbocycles. The lowest BCUT2D eigenvalue weighted by Crippen LogP contribution is -2.17. The molecule has 0 unspecified atom stereocenters. The van der Waals surface area contributed by atoms with E-state index in [0.717, 1.165) is 5.56 Å². The SMILES string of the molecule is COc1c(C#N)cc(C(C)(C)C)cc1C(N)=O. The molecule has 90 valence electrons. The van der Waals surface area contributed by atoms with E-state index in [1.807, 2.05) is 26.8 Å². The van der Waals surface area contributed by atoms with E-state index in [4.69, 9.17) is 15.7 Å². The molecule has 0 aromatic heterocycles. The first-order chi connectivity index (χ1) is 7.81. The maximum absolute atomic E-state index is 11.4. The Kier molecular flexibility index (Phi) is 3.42. The lowest BCUT2D eigenvalue weighted by molar-refractivity contribution is 0.0997. The van der Waals surface area contributed by atoms with Gasteiger partial charge in [-0.2, -0.15) is 5.26 Å². The number of benzene rings is 1. The van der Waals surface area contributed by atoms with Crippen molar-refractivity contribution in [2.24, 2.45) is 5.73 Å². The van der Waals surface area contributed by atoms with Gasteiger partial charge in [0.25, 0.3) is 5.91 Å². The molecule has 0 saturated heterocycles. The summed E-state index contributed by atoms with van der Waals surface area (Å²) in [6, 6.07) is 5.43. The molecule has 0 heterocycles. The summed E-state index contributed by atoms with van der Waals surface area (Å²) in [5, 5.41) is 9.06. The van der Waals surface area contributed by atoms with E-state index in [1.54, 1.807) is 12.1 Å². The number of nitrogens with two attached hydrogens (primary N) is 1. The first kappa shape index (κ1) is 13.0. The number of rotatable bonds is 2. The van der Waals surface area contributed by atoms with Crippen molar-refractivity contribution >= 4 is 5.91 Å². The van der Waals surface area contributed by atoms with E-state index < -0.39 is 5.91 Å². The molecule has 0 fully saturated rings. The van der Waals surface area contributed by atoms with Crippen LogP contribution < -0.4 is 10.5 Å². The average Bonchev–Trinajstić information content (AvgIpc) is 2.25. The van der Waals surface area contributed by atoms with Crippen molar-refractivity contribution in [1.29, 1.82) is 5.26 Å². The zero-order chi connectivity index (χ0) is 13.2. The van der Waals surface area contributed by atoms with Gasteiger partial charge in [-0.25, -0.2) is 0 Å². The summed E-state index contributed by atoms with van der Waals surface area (Å²) in [6.07, 6.45) is 0. The van der Waals surface area contributed by atoms with Crippen molar-refractivity contribution in [3.05, 3.63) is 28.8 Å². The van der Waals surface area contributed by atoms with E-state index in [2.05, 4.69) is 0 Å². The second kappa shape index (κ2) is 4.46. The van der Waals surface area contributed by atoms with Crippen LogP contribution >= 0.6 is 0 Å². The molecule has 4 nitrogen and oxygen atoms in total. The van der Waals surface area contributed by atoms with Crippen LogP contribution in [0.2, 0.25) is 0 Å². The Morgan fingerprint density at radius 1 is 1.41 bits per heavy atom. The first-order valence-corrected chi connectivity index (χ1v) is 5.23. The summed E-state index contributed by atoms with van der Waals surface area (Å²) in [6.45, 7) is 6.00. The van der Waals surface area contributed by atoms with Gasteiger partial charge in [0.15, 0.2) is 0 Å².